The second kappa shape index (κ2) is 12.0. The molecule has 0 radical (unpaired) electrons. The monoisotopic (exact) mass is 443 g/mol. The Morgan fingerprint density at radius 2 is 1.55 bits per heavy atom. The number of nitrogens with one attached hydrogen (secondary N) is 3. The van der Waals surface area contributed by atoms with Gasteiger partial charge in [0.15, 0.2) is 0 Å². The van der Waals surface area contributed by atoms with E-state index in [-0.39, 0.29) is 24.3 Å². The molecule has 172 valence electrons. The average molecular weight is 444 g/mol. The van der Waals surface area contributed by atoms with E-state index in [1.807, 2.05) is 80.6 Å². The maximum atomic E-state index is 13.1. The Bertz CT molecular complexity index is 1050. The molecule has 0 saturated carbocycles. The summed E-state index contributed by atoms with van der Waals surface area (Å²) in [4.78, 5) is 25.8. The van der Waals surface area contributed by atoms with Crippen molar-refractivity contribution in [2.24, 2.45) is 0 Å². The first-order valence-corrected chi connectivity index (χ1v) is 11.4. The van der Waals surface area contributed by atoms with Gasteiger partial charge in [0.1, 0.15) is 6.04 Å². The minimum atomic E-state index is -0.673. The van der Waals surface area contributed by atoms with Gasteiger partial charge < -0.3 is 16.0 Å². The number of benzene rings is 3. The predicted octanol–water partition coefficient (Wildman–Crippen LogP) is 4.36. The van der Waals surface area contributed by atoms with Crippen molar-refractivity contribution in [3.05, 3.63) is 101 Å². The molecule has 3 rings (SSSR count). The normalized spacial score (nSPS) is 12.6. The summed E-state index contributed by atoms with van der Waals surface area (Å²) in [5.41, 5.74) is 5.03. The second-order valence-corrected chi connectivity index (χ2v) is 8.56. The first-order chi connectivity index (χ1) is 15.9. The van der Waals surface area contributed by atoms with Crippen LogP contribution in [0.3, 0.4) is 0 Å². The van der Waals surface area contributed by atoms with Crippen LogP contribution in [0.1, 0.15) is 35.1 Å². The van der Waals surface area contributed by atoms with E-state index in [2.05, 4.69) is 35.0 Å². The molecule has 3 N–H and O–H groups in total. The molecular formula is C28H33N3O2. The van der Waals surface area contributed by atoms with Crippen molar-refractivity contribution in [2.45, 2.75) is 39.2 Å². The molecule has 0 aliphatic carbocycles. The summed E-state index contributed by atoms with van der Waals surface area (Å²) in [5.74, 6) is -0.141. The molecule has 0 heterocycles. The van der Waals surface area contributed by atoms with Gasteiger partial charge in [-0.1, -0.05) is 79.7 Å². The van der Waals surface area contributed by atoms with Crippen LogP contribution < -0.4 is 16.0 Å². The summed E-state index contributed by atoms with van der Waals surface area (Å²) in [6.07, 6.45) is 0.420. The maximum Gasteiger partial charge on any atom is 0.247 e. The molecule has 5 heteroatoms. The molecule has 0 spiro atoms. The number of aryl methyl sites for hydroxylation is 2. The van der Waals surface area contributed by atoms with Gasteiger partial charge >= 0.3 is 0 Å². The quantitative estimate of drug-likeness (QED) is 0.436. The highest BCUT2D eigenvalue weighted by Crippen LogP contribution is 2.17. The van der Waals surface area contributed by atoms with Gasteiger partial charge in [-0.2, -0.15) is 0 Å². The number of amides is 2. The highest BCUT2D eigenvalue weighted by atomic mass is 16.2. The van der Waals surface area contributed by atoms with Gasteiger partial charge in [0.05, 0.1) is 6.54 Å². The summed E-state index contributed by atoms with van der Waals surface area (Å²) < 4.78 is 0. The fourth-order valence-electron chi connectivity index (χ4n) is 3.70. The third-order valence-corrected chi connectivity index (χ3v) is 5.69. The molecular weight excluding hydrogens is 410 g/mol. The average Bonchev–Trinajstić information content (AvgIpc) is 2.82. The minimum absolute atomic E-state index is 0.152. The van der Waals surface area contributed by atoms with Crippen LogP contribution in [0.2, 0.25) is 0 Å². The van der Waals surface area contributed by atoms with Gasteiger partial charge in [-0.05, 0) is 48.1 Å². The zero-order valence-electron chi connectivity index (χ0n) is 19.6. The van der Waals surface area contributed by atoms with E-state index in [0.717, 1.165) is 22.4 Å². The molecule has 33 heavy (non-hydrogen) atoms. The molecule has 0 bridgehead atoms. The fourth-order valence-corrected chi connectivity index (χ4v) is 3.70. The minimum Gasteiger partial charge on any atom is -0.343 e. The lowest BCUT2D eigenvalue weighted by atomic mass is 10.0. The Balaban J connectivity index is 1.61. The van der Waals surface area contributed by atoms with Crippen molar-refractivity contribution in [3.8, 4) is 0 Å². The number of hydrogen-bond acceptors (Lipinski definition) is 3. The Kier molecular flexibility index (Phi) is 8.79. The van der Waals surface area contributed by atoms with Gasteiger partial charge in [0, 0.05) is 18.7 Å². The Labute approximate surface area is 196 Å². The summed E-state index contributed by atoms with van der Waals surface area (Å²) in [5, 5.41) is 9.13. The van der Waals surface area contributed by atoms with Crippen LogP contribution in [0.5, 0.6) is 0 Å². The molecule has 0 aliphatic rings. The molecule has 5 nitrogen and oxygen atoms in total. The largest absolute Gasteiger partial charge is 0.343 e. The lowest BCUT2D eigenvalue weighted by Gasteiger charge is -2.20. The fraction of sp³-hybridized carbons (Fsp3) is 0.286. The molecule has 0 aliphatic heterocycles. The Morgan fingerprint density at radius 1 is 0.879 bits per heavy atom. The third-order valence-electron chi connectivity index (χ3n) is 5.69. The van der Waals surface area contributed by atoms with Gasteiger partial charge in [0.2, 0.25) is 11.8 Å². The molecule has 2 amide bonds. The number of carbonyl (C=O) groups excluding carboxylic acids is 2. The van der Waals surface area contributed by atoms with E-state index in [0.29, 0.717) is 13.0 Å². The highest BCUT2D eigenvalue weighted by Gasteiger charge is 2.22. The zero-order valence-corrected chi connectivity index (χ0v) is 19.6. The molecule has 2 atom stereocenters. The molecule has 0 unspecified atom stereocenters. The van der Waals surface area contributed by atoms with Gasteiger partial charge in [0.25, 0.3) is 0 Å². The molecule has 3 aromatic rings. The first-order valence-electron chi connectivity index (χ1n) is 11.4. The van der Waals surface area contributed by atoms with Crippen LogP contribution in [-0.2, 0) is 16.0 Å². The highest BCUT2D eigenvalue weighted by molar-refractivity contribution is 5.98. The lowest BCUT2D eigenvalue weighted by Crippen LogP contribution is -2.48. The van der Waals surface area contributed by atoms with Crippen LogP contribution in [-0.4, -0.2) is 30.9 Å². The third kappa shape index (κ3) is 7.58. The zero-order chi connectivity index (χ0) is 23.6. The number of rotatable bonds is 10. The smallest absolute Gasteiger partial charge is 0.247 e. The first kappa shape index (κ1) is 24.2. The SMILES string of the molecule is Cc1ccc(C)c(NC(=O)[C@@H](Cc2ccccc2)NC(=O)CNC[C@@H](C)c2ccccc2)c1. The van der Waals surface area contributed by atoms with Crippen LogP contribution in [0.4, 0.5) is 5.69 Å². The van der Waals surface area contributed by atoms with E-state index in [1.54, 1.807) is 0 Å². The topological polar surface area (TPSA) is 70.2 Å². The van der Waals surface area contributed by atoms with Crippen molar-refractivity contribution in [3.63, 3.8) is 0 Å². The van der Waals surface area contributed by atoms with Crippen LogP contribution in [0, 0.1) is 13.8 Å². The van der Waals surface area contributed by atoms with Gasteiger partial charge in [-0.25, -0.2) is 0 Å². The van der Waals surface area contributed by atoms with Gasteiger partial charge in [-0.3, -0.25) is 9.59 Å². The molecule has 0 saturated heterocycles. The van der Waals surface area contributed by atoms with E-state index in [1.165, 1.54) is 5.56 Å². The van der Waals surface area contributed by atoms with Crippen LogP contribution in [0.25, 0.3) is 0 Å². The molecule has 0 aromatic heterocycles. The number of hydrogen-bond donors (Lipinski definition) is 3. The van der Waals surface area contributed by atoms with Crippen molar-refractivity contribution in [1.82, 2.24) is 10.6 Å². The number of anilines is 1. The van der Waals surface area contributed by atoms with E-state index in [4.69, 9.17) is 0 Å². The second-order valence-electron chi connectivity index (χ2n) is 8.56. The molecule has 3 aromatic carbocycles. The Morgan fingerprint density at radius 3 is 2.24 bits per heavy atom. The number of carbonyl (C=O) groups is 2. The van der Waals surface area contributed by atoms with Gasteiger partial charge in [-0.15, -0.1) is 0 Å². The van der Waals surface area contributed by atoms with Crippen LogP contribution in [0.15, 0.2) is 78.9 Å². The van der Waals surface area contributed by atoms with E-state index in [9.17, 15) is 9.59 Å². The predicted molar refractivity (Wildman–Crippen MR) is 134 cm³/mol. The van der Waals surface area contributed by atoms with E-state index >= 15 is 0 Å². The summed E-state index contributed by atoms with van der Waals surface area (Å²) >= 11 is 0. The summed E-state index contributed by atoms with van der Waals surface area (Å²) in [6.45, 7) is 6.89. The molecule has 0 fully saturated rings. The lowest BCUT2D eigenvalue weighted by molar-refractivity contribution is -0.125. The van der Waals surface area contributed by atoms with Crippen LogP contribution >= 0.6 is 0 Å². The Hall–Kier alpha value is -3.44. The van der Waals surface area contributed by atoms with Crippen molar-refractivity contribution >= 4 is 17.5 Å². The standard InChI is InChI=1S/C28H33N3O2/c1-20-14-15-21(2)25(16-20)31-28(33)26(17-23-10-6-4-7-11-23)30-27(32)19-29-18-22(3)24-12-8-5-9-13-24/h4-16,22,26,29H,17-19H2,1-3H3,(H,30,32)(H,31,33)/t22-,26-/m1/s1. The van der Waals surface area contributed by atoms with Crippen molar-refractivity contribution in [1.29, 1.82) is 0 Å². The van der Waals surface area contributed by atoms with E-state index < -0.39 is 6.04 Å². The maximum absolute atomic E-state index is 13.1. The van der Waals surface area contributed by atoms with Crippen molar-refractivity contribution < 1.29 is 9.59 Å². The van der Waals surface area contributed by atoms with Crippen molar-refractivity contribution in [2.75, 3.05) is 18.4 Å². The summed E-state index contributed by atoms with van der Waals surface area (Å²) in [7, 11) is 0. The summed E-state index contributed by atoms with van der Waals surface area (Å²) in [6, 6.07) is 25.2.